The van der Waals surface area contributed by atoms with Gasteiger partial charge < -0.3 is 4.90 Å². The van der Waals surface area contributed by atoms with E-state index in [4.69, 9.17) is 0 Å². The van der Waals surface area contributed by atoms with Crippen LogP contribution in [0.25, 0.3) is 0 Å². The van der Waals surface area contributed by atoms with Crippen LogP contribution in [0.2, 0.25) is 0 Å². The second kappa shape index (κ2) is 5.42. The minimum atomic E-state index is -3.78. The Labute approximate surface area is 120 Å². The van der Waals surface area contributed by atoms with Crippen molar-refractivity contribution in [3.8, 4) is 0 Å². The van der Waals surface area contributed by atoms with Gasteiger partial charge in [0.15, 0.2) is 0 Å². The van der Waals surface area contributed by atoms with E-state index in [0.717, 1.165) is 19.3 Å². The predicted octanol–water partition coefficient (Wildman–Crippen LogP) is 1.93. The lowest BCUT2D eigenvalue weighted by Crippen LogP contribution is -2.57. The molecule has 0 bridgehead atoms. The van der Waals surface area contributed by atoms with E-state index in [9.17, 15) is 12.8 Å². The third-order valence-electron chi connectivity index (χ3n) is 4.27. The molecule has 1 aromatic carbocycles. The van der Waals surface area contributed by atoms with Crippen LogP contribution < -0.4 is 0 Å². The van der Waals surface area contributed by atoms with Crippen molar-refractivity contribution in [3.05, 3.63) is 30.1 Å². The minimum absolute atomic E-state index is 0.118. The highest BCUT2D eigenvalue weighted by Crippen LogP contribution is 2.37. The highest BCUT2D eigenvalue weighted by molar-refractivity contribution is 7.89. The van der Waals surface area contributed by atoms with Crippen LogP contribution in [0, 0.1) is 5.82 Å². The van der Waals surface area contributed by atoms with Crippen molar-refractivity contribution in [3.63, 3.8) is 0 Å². The Morgan fingerprint density at radius 1 is 1.20 bits per heavy atom. The van der Waals surface area contributed by atoms with Gasteiger partial charge in [-0.3, -0.25) is 0 Å². The lowest BCUT2D eigenvalue weighted by molar-refractivity contribution is 0.0455. The van der Waals surface area contributed by atoms with E-state index in [1.54, 1.807) is 0 Å². The molecular weight excluding hydrogens is 279 g/mol. The Bertz CT molecular complexity index is 583. The maximum atomic E-state index is 13.7. The molecule has 1 saturated carbocycles. The second-order valence-corrected chi connectivity index (χ2v) is 7.68. The molecule has 4 nitrogen and oxygen atoms in total. The first kappa shape index (κ1) is 15.4. The Kier molecular flexibility index (Phi) is 4.18. The lowest BCUT2D eigenvalue weighted by Gasteiger charge is -2.48. The molecule has 20 heavy (non-hydrogen) atoms. The number of halogens is 1. The number of sulfonamides is 1. The van der Waals surface area contributed by atoms with Crippen molar-refractivity contribution in [2.24, 2.45) is 0 Å². The van der Waals surface area contributed by atoms with Gasteiger partial charge in [0.25, 0.3) is 0 Å². The fraction of sp³-hybridized carbons (Fsp3) is 0.571. The summed E-state index contributed by atoms with van der Waals surface area (Å²) in [5.74, 6) is -0.702. The topological polar surface area (TPSA) is 40.6 Å². The number of rotatable bonds is 5. The number of nitrogens with zero attached hydrogens (tertiary/aromatic N) is 2. The van der Waals surface area contributed by atoms with Crippen molar-refractivity contribution >= 4 is 10.0 Å². The second-order valence-electron chi connectivity index (χ2n) is 5.66. The average Bonchev–Trinajstić information content (AvgIpc) is 2.33. The zero-order valence-electron chi connectivity index (χ0n) is 12.1. The van der Waals surface area contributed by atoms with Crippen molar-refractivity contribution in [1.82, 2.24) is 9.21 Å². The molecule has 6 heteroatoms. The molecule has 0 N–H and O–H groups in total. The molecule has 0 aliphatic heterocycles. The Hall–Kier alpha value is -0.980. The minimum Gasteiger partial charge on any atom is -0.302 e. The maximum absolute atomic E-state index is 13.7. The summed E-state index contributed by atoms with van der Waals surface area (Å²) in [6, 6.07) is 5.51. The van der Waals surface area contributed by atoms with Crippen LogP contribution in [0.3, 0.4) is 0 Å². The molecule has 0 atom stereocenters. The van der Waals surface area contributed by atoms with E-state index in [2.05, 4.69) is 4.90 Å². The molecule has 1 aromatic rings. The summed E-state index contributed by atoms with van der Waals surface area (Å²) in [6.07, 6.45) is 3.04. The van der Waals surface area contributed by atoms with Gasteiger partial charge in [-0.15, -0.1) is 0 Å². The number of hydrogen-bond donors (Lipinski definition) is 0. The lowest BCUT2D eigenvalue weighted by atomic mass is 9.75. The number of benzene rings is 1. The largest absolute Gasteiger partial charge is 0.302 e. The third-order valence-corrected chi connectivity index (χ3v) is 6.11. The molecule has 0 radical (unpaired) electrons. The number of hydrogen-bond acceptors (Lipinski definition) is 3. The van der Waals surface area contributed by atoms with Crippen LogP contribution >= 0.6 is 0 Å². The van der Waals surface area contributed by atoms with Crippen LogP contribution in [-0.2, 0) is 10.0 Å². The molecule has 1 fully saturated rings. The maximum Gasteiger partial charge on any atom is 0.245 e. The molecule has 0 unspecified atom stereocenters. The van der Waals surface area contributed by atoms with Gasteiger partial charge in [0.2, 0.25) is 10.0 Å². The van der Waals surface area contributed by atoms with E-state index in [-0.39, 0.29) is 10.4 Å². The highest BCUT2D eigenvalue weighted by atomic mass is 32.2. The van der Waals surface area contributed by atoms with Gasteiger partial charge in [-0.25, -0.2) is 12.8 Å². The summed E-state index contributed by atoms with van der Waals surface area (Å²) < 4.78 is 39.9. The fourth-order valence-electron chi connectivity index (χ4n) is 2.65. The number of likely N-dealkylation sites (N-methyl/N-ethyl adjacent to an activating group) is 2. The van der Waals surface area contributed by atoms with Gasteiger partial charge in [0, 0.05) is 19.1 Å². The summed E-state index contributed by atoms with van der Waals surface area (Å²) in [5, 5.41) is 0. The molecule has 1 aliphatic rings. The normalized spacial score (nSPS) is 18.3. The fourth-order valence-corrected chi connectivity index (χ4v) is 3.96. The monoisotopic (exact) mass is 300 g/mol. The van der Waals surface area contributed by atoms with Gasteiger partial charge in [-0.2, -0.15) is 4.31 Å². The standard InChI is InChI=1S/C14H21FN2O2S/c1-16(2)14(9-6-10-14)11-17(3)20(18,19)13-8-5-4-7-12(13)15/h4-5,7-8H,6,9-11H2,1-3H3. The molecule has 0 amide bonds. The highest BCUT2D eigenvalue weighted by Gasteiger charge is 2.42. The van der Waals surface area contributed by atoms with Crippen molar-refractivity contribution < 1.29 is 12.8 Å². The zero-order valence-corrected chi connectivity index (χ0v) is 13.0. The predicted molar refractivity (Wildman–Crippen MR) is 76.5 cm³/mol. The van der Waals surface area contributed by atoms with Crippen molar-refractivity contribution in [2.75, 3.05) is 27.7 Å². The van der Waals surface area contributed by atoms with Crippen LogP contribution in [0.15, 0.2) is 29.2 Å². The Morgan fingerprint density at radius 2 is 1.80 bits per heavy atom. The molecular formula is C14H21FN2O2S. The van der Waals surface area contributed by atoms with E-state index < -0.39 is 15.8 Å². The molecule has 0 heterocycles. The van der Waals surface area contributed by atoms with Gasteiger partial charge in [0.1, 0.15) is 10.7 Å². The molecule has 1 aliphatic carbocycles. The van der Waals surface area contributed by atoms with Crippen LogP contribution in [0.1, 0.15) is 19.3 Å². The summed E-state index contributed by atoms with van der Waals surface area (Å²) in [7, 11) is 1.66. The summed E-state index contributed by atoms with van der Waals surface area (Å²) in [4.78, 5) is 1.82. The first-order valence-corrected chi connectivity index (χ1v) is 8.12. The average molecular weight is 300 g/mol. The first-order valence-electron chi connectivity index (χ1n) is 6.68. The van der Waals surface area contributed by atoms with Gasteiger partial charge in [-0.1, -0.05) is 12.1 Å². The van der Waals surface area contributed by atoms with Crippen LogP contribution in [0.5, 0.6) is 0 Å². The summed E-state index contributed by atoms with van der Waals surface area (Å²) >= 11 is 0. The van der Waals surface area contributed by atoms with Gasteiger partial charge in [-0.05, 0) is 45.5 Å². The van der Waals surface area contributed by atoms with Crippen molar-refractivity contribution in [1.29, 1.82) is 0 Å². The van der Waals surface area contributed by atoms with E-state index >= 15 is 0 Å². The Balaban J connectivity index is 2.24. The van der Waals surface area contributed by atoms with E-state index in [0.29, 0.717) is 6.54 Å². The molecule has 112 valence electrons. The van der Waals surface area contributed by atoms with E-state index in [1.807, 2.05) is 14.1 Å². The molecule has 0 aromatic heterocycles. The Morgan fingerprint density at radius 3 is 2.25 bits per heavy atom. The molecule has 2 rings (SSSR count). The van der Waals surface area contributed by atoms with Gasteiger partial charge in [0.05, 0.1) is 0 Å². The molecule has 0 spiro atoms. The third kappa shape index (κ3) is 2.60. The molecule has 0 saturated heterocycles. The zero-order chi connectivity index (χ0) is 15.0. The van der Waals surface area contributed by atoms with Crippen LogP contribution in [0.4, 0.5) is 4.39 Å². The van der Waals surface area contributed by atoms with Crippen LogP contribution in [-0.4, -0.2) is 50.8 Å². The smallest absolute Gasteiger partial charge is 0.245 e. The summed E-state index contributed by atoms with van der Waals surface area (Å²) in [5.41, 5.74) is -0.118. The van der Waals surface area contributed by atoms with Gasteiger partial charge >= 0.3 is 0 Å². The van der Waals surface area contributed by atoms with Crippen molar-refractivity contribution in [2.45, 2.75) is 29.7 Å². The quantitative estimate of drug-likeness (QED) is 0.834. The van der Waals surface area contributed by atoms with E-state index in [1.165, 1.54) is 35.6 Å². The SMILES string of the molecule is CN(C)C1(CN(C)S(=O)(=O)c2ccccc2F)CCC1. The first-order chi connectivity index (χ1) is 9.29. The summed E-state index contributed by atoms with van der Waals surface area (Å²) in [6.45, 7) is 0.386.